The molecule has 0 fully saturated rings. The maximum absolute atomic E-state index is 12.1. The summed E-state index contributed by atoms with van der Waals surface area (Å²) in [7, 11) is 0. The maximum atomic E-state index is 12.1. The smallest absolute Gasteiger partial charge is 0.224 e. The number of benzene rings is 2. The van der Waals surface area contributed by atoms with Gasteiger partial charge in [0.1, 0.15) is 11.2 Å². The minimum atomic E-state index is 0.0544. The molecule has 1 N–H and O–H groups in total. The minimum Gasteiger partial charge on any atom is -0.456 e. The zero-order valence-corrected chi connectivity index (χ0v) is 13.9. The third-order valence-corrected chi connectivity index (χ3v) is 5.00. The van der Waals surface area contributed by atoms with Crippen LogP contribution in [0.4, 0.5) is 5.69 Å². The summed E-state index contributed by atoms with van der Waals surface area (Å²) in [6, 6.07) is 17.9. The molecule has 0 aliphatic heterocycles. The van der Waals surface area contributed by atoms with E-state index >= 15 is 0 Å². The molecule has 1 amide bonds. The van der Waals surface area contributed by atoms with Crippen molar-refractivity contribution < 1.29 is 9.21 Å². The number of aryl methyl sites for hydroxylation is 1. The number of anilines is 1. The van der Waals surface area contributed by atoms with Crippen LogP contribution in [0.3, 0.4) is 0 Å². The summed E-state index contributed by atoms with van der Waals surface area (Å²) in [5.41, 5.74) is 2.52. The SMILES string of the molecule is O=C(CCCc1cccs1)Nc1ccc2oc3ccccc3c2c1. The Hall–Kier alpha value is -2.59. The molecule has 0 unspecified atom stereocenters. The lowest BCUT2D eigenvalue weighted by molar-refractivity contribution is -0.116. The van der Waals surface area contributed by atoms with Crippen molar-refractivity contribution in [2.24, 2.45) is 0 Å². The van der Waals surface area contributed by atoms with E-state index in [1.807, 2.05) is 48.5 Å². The van der Waals surface area contributed by atoms with Gasteiger partial charge in [-0.3, -0.25) is 4.79 Å². The molecule has 2 aromatic carbocycles. The highest BCUT2D eigenvalue weighted by atomic mass is 32.1. The number of amides is 1. The molecule has 0 aliphatic rings. The average Bonchev–Trinajstić information content (AvgIpc) is 3.22. The van der Waals surface area contributed by atoms with Crippen LogP contribution >= 0.6 is 11.3 Å². The zero-order valence-electron chi connectivity index (χ0n) is 13.1. The molecule has 4 aromatic rings. The highest BCUT2D eigenvalue weighted by Gasteiger charge is 2.08. The van der Waals surface area contributed by atoms with Crippen LogP contribution < -0.4 is 5.32 Å². The third kappa shape index (κ3) is 3.05. The second-order valence-corrected chi connectivity index (χ2v) is 6.82. The first-order valence-corrected chi connectivity index (χ1v) is 8.91. The lowest BCUT2D eigenvalue weighted by atomic mass is 10.1. The fourth-order valence-electron chi connectivity index (χ4n) is 2.91. The van der Waals surface area contributed by atoms with Crippen molar-refractivity contribution in [1.29, 1.82) is 0 Å². The van der Waals surface area contributed by atoms with Crippen LogP contribution in [0.1, 0.15) is 17.7 Å². The van der Waals surface area contributed by atoms with Gasteiger partial charge >= 0.3 is 0 Å². The van der Waals surface area contributed by atoms with Gasteiger partial charge in [0.2, 0.25) is 5.91 Å². The van der Waals surface area contributed by atoms with E-state index in [-0.39, 0.29) is 5.91 Å². The molecule has 0 spiro atoms. The van der Waals surface area contributed by atoms with E-state index in [0.29, 0.717) is 6.42 Å². The molecule has 24 heavy (non-hydrogen) atoms. The average molecular weight is 335 g/mol. The van der Waals surface area contributed by atoms with Gasteiger partial charge in [0.05, 0.1) is 0 Å². The van der Waals surface area contributed by atoms with E-state index in [1.165, 1.54) is 4.88 Å². The van der Waals surface area contributed by atoms with Gasteiger partial charge in [-0.25, -0.2) is 0 Å². The molecule has 120 valence electrons. The van der Waals surface area contributed by atoms with E-state index in [0.717, 1.165) is 40.5 Å². The quantitative estimate of drug-likeness (QED) is 0.515. The Morgan fingerprint density at radius 1 is 1.00 bits per heavy atom. The summed E-state index contributed by atoms with van der Waals surface area (Å²) >= 11 is 1.74. The first-order valence-electron chi connectivity index (χ1n) is 8.03. The third-order valence-electron chi connectivity index (χ3n) is 4.07. The van der Waals surface area contributed by atoms with Crippen molar-refractivity contribution in [3.8, 4) is 0 Å². The Kier molecular flexibility index (Phi) is 4.05. The molecule has 0 aliphatic carbocycles. The van der Waals surface area contributed by atoms with Crippen molar-refractivity contribution in [3.05, 3.63) is 64.9 Å². The summed E-state index contributed by atoms with van der Waals surface area (Å²) in [6.45, 7) is 0. The number of carbonyl (C=O) groups is 1. The number of nitrogens with one attached hydrogen (secondary N) is 1. The van der Waals surface area contributed by atoms with E-state index in [1.54, 1.807) is 11.3 Å². The molecule has 3 nitrogen and oxygen atoms in total. The maximum Gasteiger partial charge on any atom is 0.224 e. The normalized spacial score (nSPS) is 11.2. The van der Waals surface area contributed by atoms with Gasteiger partial charge in [-0.2, -0.15) is 0 Å². The molecule has 2 heterocycles. The van der Waals surface area contributed by atoms with Crippen LogP contribution in [0, 0.1) is 0 Å². The van der Waals surface area contributed by atoms with Gasteiger partial charge in [-0.15, -0.1) is 11.3 Å². The lowest BCUT2D eigenvalue weighted by Crippen LogP contribution is -2.11. The Labute approximate surface area is 143 Å². The van der Waals surface area contributed by atoms with Crippen molar-refractivity contribution in [1.82, 2.24) is 0 Å². The van der Waals surface area contributed by atoms with Crippen molar-refractivity contribution >= 4 is 44.9 Å². The summed E-state index contributed by atoms with van der Waals surface area (Å²) in [4.78, 5) is 13.5. The number of fused-ring (bicyclic) bond motifs is 3. The monoisotopic (exact) mass is 335 g/mol. The largest absolute Gasteiger partial charge is 0.456 e. The van der Waals surface area contributed by atoms with Gasteiger partial charge < -0.3 is 9.73 Å². The van der Waals surface area contributed by atoms with E-state index < -0.39 is 0 Å². The molecular formula is C20H17NO2S. The molecular weight excluding hydrogens is 318 g/mol. The molecule has 4 heteroatoms. The second-order valence-electron chi connectivity index (χ2n) is 5.79. The zero-order chi connectivity index (χ0) is 16.4. The molecule has 0 saturated heterocycles. The van der Waals surface area contributed by atoms with Crippen molar-refractivity contribution in [2.75, 3.05) is 5.32 Å². The minimum absolute atomic E-state index is 0.0544. The number of hydrogen-bond acceptors (Lipinski definition) is 3. The van der Waals surface area contributed by atoms with Gasteiger partial charge in [-0.05, 0) is 48.6 Å². The predicted octanol–water partition coefficient (Wildman–Crippen LogP) is 5.61. The Balaban J connectivity index is 1.45. The summed E-state index contributed by atoms with van der Waals surface area (Å²) in [5.74, 6) is 0.0544. The Morgan fingerprint density at radius 2 is 1.88 bits per heavy atom. The number of rotatable bonds is 5. The van der Waals surface area contributed by atoms with E-state index in [4.69, 9.17) is 4.42 Å². The molecule has 0 saturated carbocycles. The predicted molar refractivity (Wildman–Crippen MR) is 99.6 cm³/mol. The van der Waals surface area contributed by atoms with Crippen LogP contribution in [0.15, 0.2) is 64.4 Å². The highest BCUT2D eigenvalue weighted by Crippen LogP contribution is 2.30. The Morgan fingerprint density at radius 3 is 2.75 bits per heavy atom. The highest BCUT2D eigenvalue weighted by molar-refractivity contribution is 7.09. The summed E-state index contributed by atoms with van der Waals surface area (Å²) < 4.78 is 5.81. The summed E-state index contributed by atoms with van der Waals surface area (Å²) in [6.07, 6.45) is 2.35. The van der Waals surface area contributed by atoms with Crippen LogP contribution in [-0.4, -0.2) is 5.91 Å². The van der Waals surface area contributed by atoms with Gasteiger partial charge in [0.15, 0.2) is 0 Å². The topological polar surface area (TPSA) is 42.2 Å². The molecule has 2 aromatic heterocycles. The number of hydrogen-bond donors (Lipinski definition) is 1. The van der Waals surface area contributed by atoms with Gasteiger partial charge in [0, 0.05) is 27.8 Å². The van der Waals surface area contributed by atoms with Crippen LogP contribution in [-0.2, 0) is 11.2 Å². The van der Waals surface area contributed by atoms with Crippen LogP contribution in [0.25, 0.3) is 21.9 Å². The summed E-state index contributed by atoms with van der Waals surface area (Å²) in [5, 5.41) is 7.16. The standard InChI is InChI=1S/C20H17NO2S/c22-20(9-3-5-15-6-4-12-24-15)21-14-10-11-19-17(13-14)16-7-1-2-8-18(16)23-19/h1-2,4,6-8,10-13H,3,5,9H2,(H,21,22). The first-order chi connectivity index (χ1) is 11.8. The van der Waals surface area contributed by atoms with Crippen LogP contribution in [0.5, 0.6) is 0 Å². The van der Waals surface area contributed by atoms with E-state index in [2.05, 4.69) is 16.8 Å². The van der Waals surface area contributed by atoms with Crippen LogP contribution in [0.2, 0.25) is 0 Å². The second kappa shape index (κ2) is 6.49. The number of carbonyl (C=O) groups excluding carboxylic acids is 1. The van der Waals surface area contributed by atoms with Gasteiger partial charge in [0.25, 0.3) is 0 Å². The number of thiophene rings is 1. The fraction of sp³-hybridized carbons (Fsp3) is 0.150. The Bertz CT molecular complexity index is 985. The molecule has 0 atom stereocenters. The van der Waals surface area contributed by atoms with Gasteiger partial charge in [-0.1, -0.05) is 24.3 Å². The number of para-hydroxylation sites is 1. The van der Waals surface area contributed by atoms with Crippen molar-refractivity contribution in [3.63, 3.8) is 0 Å². The van der Waals surface area contributed by atoms with E-state index in [9.17, 15) is 4.79 Å². The first kappa shape index (κ1) is 15.0. The fourth-order valence-corrected chi connectivity index (χ4v) is 3.66. The molecule has 0 radical (unpaired) electrons. The molecule has 0 bridgehead atoms. The van der Waals surface area contributed by atoms with Crippen molar-refractivity contribution in [2.45, 2.75) is 19.3 Å². The lowest BCUT2D eigenvalue weighted by Gasteiger charge is -2.05. The molecule has 4 rings (SSSR count). The number of furan rings is 1.